The molecule has 0 radical (unpaired) electrons. The van der Waals surface area contributed by atoms with Crippen LogP contribution in [-0.2, 0) is 9.53 Å². The van der Waals surface area contributed by atoms with Gasteiger partial charge in [0.05, 0.1) is 6.10 Å². The van der Waals surface area contributed by atoms with Crippen molar-refractivity contribution in [2.45, 2.75) is 65.1 Å². The third kappa shape index (κ3) is 4.90. The molecule has 3 heteroatoms. The normalized spacial score (nSPS) is 25.4. The molecule has 0 heterocycles. The van der Waals surface area contributed by atoms with E-state index in [1.54, 1.807) is 0 Å². The second kappa shape index (κ2) is 5.67. The van der Waals surface area contributed by atoms with E-state index in [-0.39, 0.29) is 17.5 Å². The van der Waals surface area contributed by atoms with Gasteiger partial charge in [-0.1, -0.05) is 33.8 Å². The highest BCUT2D eigenvalue weighted by molar-refractivity contribution is 5.87. The van der Waals surface area contributed by atoms with E-state index in [4.69, 9.17) is 4.74 Å². The number of hydrogen-bond donors (Lipinski definition) is 1. The van der Waals surface area contributed by atoms with Crippen LogP contribution >= 0.6 is 0 Å². The molecule has 1 rings (SSSR count). The SMILES string of the molecule is C=C(CC(C)(C)C)C(=O)OC1CCCCC1O. The van der Waals surface area contributed by atoms with Gasteiger partial charge in [-0.2, -0.15) is 0 Å². The number of hydrogen-bond acceptors (Lipinski definition) is 3. The summed E-state index contributed by atoms with van der Waals surface area (Å²) in [5.74, 6) is -0.356. The van der Waals surface area contributed by atoms with Crippen LogP contribution in [0.4, 0.5) is 0 Å². The number of rotatable bonds is 3. The molecule has 1 fully saturated rings. The van der Waals surface area contributed by atoms with Gasteiger partial charge in [0, 0.05) is 5.57 Å². The van der Waals surface area contributed by atoms with E-state index in [1.165, 1.54) is 0 Å². The monoisotopic (exact) mass is 240 g/mol. The fourth-order valence-electron chi connectivity index (χ4n) is 2.15. The fraction of sp³-hybridized carbons (Fsp3) is 0.786. The second-order valence-corrected chi connectivity index (χ2v) is 6.14. The first-order valence-electron chi connectivity index (χ1n) is 6.36. The standard InChI is InChI=1S/C14H24O3/c1-10(9-14(2,3)4)13(16)17-12-8-6-5-7-11(12)15/h11-12,15H,1,5-9H2,2-4H3. The molecule has 0 amide bonds. The van der Waals surface area contributed by atoms with E-state index >= 15 is 0 Å². The third-order valence-corrected chi connectivity index (χ3v) is 2.96. The maximum atomic E-state index is 11.8. The molecule has 0 aliphatic heterocycles. The van der Waals surface area contributed by atoms with Gasteiger partial charge in [0.15, 0.2) is 0 Å². The van der Waals surface area contributed by atoms with Gasteiger partial charge in [0.25, 0.3) is 0 Å². The minimum atomic E-state index is -0.505. The van der Waals surface area contributed by atoms with Crippen LogP contribution in [0.5, 0.6) is 0 Å². The van der Waals surface area contributed by atoms with Crippen LogP contribution in [0.25, 0.3) is 0 Å². The van der Waals surface area contributed by atoms with Gasteiger partial charge >= 0.3 is 5.97 Å². The molecular weight excluding hydrogens is 216 g/mol. The fourth-order valence-corrected chi connectivity index (χ4v) is 2.15. The third-order valence-electron chi connectivity index (χ3n) is 2.96. The van der Waals surface area contributed by atoms with Crippen LogP contribution in [0.15, 0.2) is 12.2 Å². The Labute approximate surface area is 104 Å². The van der Waals surface area contributed by atoms with Gasteiger partial charge in [-0.25, -0.2) is 4.79 Å². The lowest BCUT2D eigenvalue weighted by Gasteiger charge is -2.28. The number of aliphatic hydroxyl groups is 1. The minimum Gasteiger partial charge on any atom is -0.456 e. The largest absolute Gasteiger partial charge is 0.456 e. The summed E-state index contributed by atoms with van der Waals surface area (Å²) in [4.78, 5) is 11.8. The summed E-state index contributed by atoms with van der Waals surface area (Å²) in [6, 6.07) is 0. The van der Waals surface area contributed by atoms with Gasteiger partial charge in [-0.05, 0) is 31.1 Å². The molecular formula is C14H24O3. The lowest BCUT2D eigenvalue weighted by Crippen LogP contribution is -2.34. The van der Waals surface area contributed by atoms with E-state index in [2.05, 4.69) is 27.4 Å². The summed E-state index contributed by atoms with van der Waals surface area (Å²) in [6.45, 7) is 9.94. The van der Waals surface area contributed by atoms with E-state index < -0.39 is 6.10 Å². The van der Waals surface area contributed by atoms with Crippen LogP contribution < -0.4 is 0 Å². The molecule has 17 heavy (non-hydrogen) atoms. The van der Waals surface area contributed by atoms with E-state index in [0.717, 1.165) is 25.7 Å². The van der Waals surface area contributed by atoms with Crippen molar-refractivity contribution in [3.05, 3.63) is 12.2 Å². The molecule has 0 saturated heterocycles. The van der Waals surface area contributed by atoms with E-state index in [0.29, 0.717) is 12.0 Å². The zero-order valence-electron chi connectivity index (χ0n) is 11.2. The number of ether oxygens (including phenoxy) is 1. The lowest BCUT2D eigenvalue weighted by molar-refractivity contribution is -0.153. The van der Waals surface area contributed by atoms with Gasteiger partial charge in [-0.15, -0.1) is 0 Å². The summed E-state index contributed by atoms with van der Waals surface area (Å²) in [6.07, 6.45) is 3.29. The molecule has 0 spiro atoms. The van der Waals surface area contributed by atoms with Crippen LogP contribution in [-0.4, -0.2) is 23.3 Å². The van der Waals surface area contributed by atoms with Crippen LogP contribution in [0.1, 0.15) is 52.9 Å². The Bertz CT molecular complexity index is 288. The van der Waals surface area contributed by atoms with Crippen LogP contribution in [0.3, 0.4) is 0 Å². The maximum absolute atomic E-state index is 11.8. The quantitative estimate of drug-likeness (QED) is 0.609. The number of carbonyl (C=O) groups excluding carboxylic acids is 1. The molecule has 1 aliphatic carbocycles. The van der Waals surface area contributed by atoms with Crippen molar-refractivity contribution in [1.29, 1.82) is 0 Å². The number of carbonyl (C=O) groups is 1. The van der Waals surface area contributed by atoms with Crippen molar-refractivity contribution in [1.82, 2.24) is 0 Å². The smallest absolute Gasteiger partial charge is 0.333 e. The van der Waals surface area contributed by atoms with Crippen molar-refractivity contribution in [3.8, 4) is 0 Å². The first-order valence-corrected chi connectivity index (χ1v) is 6.36. The van der Waals surface area contributed by atoms with Gasteiger partial charge < -0.3 is 9.84 Å². The number of aliphatic hydroxyl groups excluding tert-OH is 1. The van der Waals surface area contributed by atoms with Gasteiger partial charge in [0.2, 0.25) is 0 Å². The van der Waals surface area contributed by atoms with Crippen LogP contribution in [0, 0.1) is 5.41 Å². The van der Waals surface area contributed by atoms with Crippen molar-refractivity contribution in [2.75, 3.05) is 0 Å². The predicted molar refractivity (Wildman–Crippen MR) is 67.6 cm³/mol. The van der Waals surface area contributed by atoms with Crippen molar-refractivity contribution >= 4 is 5.97 Å². The Morgan fingerprint density at radius 2 is 1.94 bits per heavy atom. The molecule has 0 aromatic rings. The first-order chi connectivity index (χ1) is 7.79. The molecule has 2 unspecified atom stereocenters. The van der Waals surface area contributed by atoms with Gasteiger partial charge in [0.1, 0.15) is 6.10 Å². The summed E-state index contributed by atoms with van der Waals surface area (Å²) < 4.78 is 5.32. The summed E-state index contributed by atoms with van der Waals surface area (Å²) in [5.41, 5.74) is 0.525. The van der Waals surface area contributed by atoms with Crippen molar-refractivity contribution in [3.63, 3.8) is 0 Å². The van der Waals surface area contributed by atoms with Crippen molar-refractivity contribution < 1.29 is 14.6 Å². The highest BCUT2D eigenvalue weighted by Gasteiger charge is 2.28. The Balaban J connectivity index is 2.45. The highest BCUT2D eigenvalue weighted by Crippen LogP contribution is 2.26. The molecule has 1 saturated carbocycles. The van der Waals surface area contributed by atoms with E-state index in [9.17, 15) is 9.90 Å². The summed E-state index contributed by atoms with van der Waals surface area (Å²) in [5, 5.41) is 9.73. The van der Waals surface area contributed by atoms with Crippen LogP contribution in [0.2, 0.25) is 0 Å². The van der Waals surface area contributed by atoms with Gasteiger partial charge in [-0.3, -0.25) is 0 Å². The first kappa shape index (κ1) is 14.2. The topological polar surface area (TPSA) is 46.5 Å². The predicted octanol–water partition coefficient (Wildman–Crippen LogP) is 2.83. The number of esters is 1. The Hall–Kier alpha value is -0.830. The zero-order valence-corrected chi connectivity index (χ0v) is 11.2. The van der Waals surface area contributed by atoms with Crippen molar-refractivity contribution in [2.24, 2.45) is 5.41 Å². The average molecular weight is 240 g/mol. The molecule has 0 bridgehead atoms. The zero-order chi connectivity index (χ0) is 13.1. The van der Waals surface area contributed by atoms with E-state index in [1.807, 2.05) is 0 Å². The Kier molecular flexibility index (Phi) is 4.75. The molecule has 1 aliphatic rings. The Morgan fingerprint density at radius 1 is 1.35 bits per heavy atom. The molecule has 98 valence electrons. The summed E-state index contributed by atoms with van der Waals surface area (Å²) in [7, 11) is 0. The maximum Gasteiger partial charge on any atom is 0.333 e. The Morgan fingerprint density at radius 3 is 2.47 bits per heavy atom. The molecule has 1 N–H and O–H groups in total. The molecule has 2 atom stereocenters. The summed E-state index contributed by atoms with van der Waals surface area (Å²) >= 11 is 0. The molecule has 3 nitrogen and oxygen atoms in total. The molecule has 0 aromatic carbocycles. The lowest BCUT2D eigenvalue weighted by atomic mass is 9.88. The molecule has 0 aromatic heterocycles. The minimum absolute atomic E-state index is 0.0291. The second-order valence-electron chi connectivity index (χ2n) is 6.14. The highest BCUT2D eigenvalue weighted by atomic mass is 16.6. The average Bonchev–Trinajstić information content (AvgIpc) is 2.18.